The van der Waals surface area contributed by atoms with Gasteiger partial charge in [-0.25, -0.2) is 9.37 Å². The molecule has 0 saturated heterocycles. The van der Waals surface area contributed by atoms with Crippen molar-refractivity contribution in [3.05, 3.63) is 28.8 Å². The van der Waals surface area contributed by atoms with Crippen molar-refractivity contribution in [3.63, 3.8) is 0 Å². The van der Waals surface area contributed by atoms with Gasteiger partial charge in [0.1, 0.15) is 11.6 Å². The van der Waals surface area contributed by atoms with Crippen molar-refractivity contribution >= 4 is 34.2 Å². The Bertz CT molecular complexity index is 622. The predicted octanol–water partition coefficient (Wildman–Crippen LogP) is 5.95. The van der Waals surface area contributed by atoms with Crippen molar-refractivity contribution in [2.45, 2.75) is 52.0 Å². The van der Waals surface area contributed by atoms with Gasteiger partial charge in [-0.2, -0.15) is 0 Å². The highest BCUT2D eigenvalue weighted by Gasteiger charge is 2.17. The number of imidazole rings is 1. The van der Waals surface area contributed by atoms with Crippen molar-refractivity contribution in [1.29, 1.82) is 0 Å². The van der Waals surface area contributed by atoms with Gasteiger partial charge in [0, 0.05) is 12.1 Å². The lowest BCUT2D eigenvalue weighted by molar-refractivity contribution is 0.447. The molecule has 0 saturated carbocycles. The van der Waals surface area contributed by atoms with Gasteiger partial charge >= 0.3 is 0 Å². The summed E-state index contributed by atoms with van der Waals surface area (Å²) in [6, 6.07) is 3.29. The number of hydrogen-bond acceptors (Lipinski definition) is 1. The van der Waals surface area contributed by atoms with Crippen molar-refractivity contribution in [2.24, 2.45) is 5.92 Å². The number of alkyl halides is 1. The van der Waals surface area contributed by atoms with Gasteiger partial charge in [-0.05, 0) is 25.3 Å². The molecule has 2 nitrogen and oxygen atoms in total. The van der Waals surface area contributed by atoms with Crippen molar-refractivity contribution in [1.82, 2.24) is 9.55 Å². The maximum Gasteiger partial charge on any atom is 0.144 e. The number of aromatic nitrogens is 2. The fourth-order valence-corrected chi connectivity index (χ4v) is 3.02. The van der Waals surface area contributed by atoms with Crippen LogP contribution in [-0.2, 0) is 5.88 Å². The van der Waals surface area contributed by atoms with E-state index < -0.39 is 5.82 Å². The third-order valence-corrected chi connectivity index (χ3v) is 4.30. The Balaban J connectivity index is 2.34. The molecule has 2 rings (SSSR count). The first-order valence-corrected chi connectivity index (χ1v) is 8.27. The van der Waals surface area contributed by atoms with E-state index in [4.69, 9.17) is 23.2 Å². The number of benzene rings is 1. The predicted molar refractivity (Wildman–Crippen MR) is 87.7 cm³/mol. The number of hydrogen-bond donors (Lipinski definition) is 0. The highest BCUT2D eigenvalue weighted by atomic mass is 35.5. The van der Waals surface area contributed by atoms with Gasteiger partial charge in [-0.3, -0.25) is 0 Å². The Labute approximate surface area is 135 Å². The second kappa shape index (κ2) is 6.97. The van der Waals surface area contributed by atoms with E-state index in [0.29, 0.717) is 17.3 Å². The lowest BCUT2D eigenvalue weighted by Gasteiger charge is -2.17. The fraction of sp³-hybridized carbons (Fsp3) is 0.562. The van der Waals surface area contributed by atoms with Crippen LogP contribution in [0.3, 0.4) is 0 Å². The van der Waals surface area contributed by atoms with Crippen LogP contribution in [0, 0.1) is 11.7 Å². The Morgan fingerprint density at radius 1 is 1.24 bits per heavy atom. The lowest BCUT2D eigenvalue weighted by Crippen LogP contribution is -2.09. The van der Waals surface area contributed by atoms with Crippen molar-refractivity contribution < 1.29 is 4.39 Å². The van der Waals surface area contributed by atoms with Crippen LogP contribution in [0.1, 0.15) is 51.9 Å². The quantitative estimate of drug-likeness (QED) is 0.598. The van der Waals surface area contributed by atoms with Crippen LogP contribution in [0.25, 0.3) is 11.0 Å². The molecular formula is C16H21Cl2FN2. The second-order valence-corrected chi connectivity index (χ2v) is 6.63. The zero-order chi connectivity index (χ0) is 15.6. The van der Waals surface area contributed by atoms with E-state index in [0.717, 1.165) is 24.2 Å². The van der Waals surface area contributed by atoms with Crippen LogP contribution >= 0.6 is 23.2 Å². The molecule has 0 amide bonds. The molecule has 0 radical (unpaired) electrons. The maximum atomic E-state index is 13.6. The molecule has 21 heavy (non-hydrogen) atoms. The number of fused-ring (bicyclic) bond motifs is 1. The zero-order valence-electron chi connectivity index (χ0n) is 12.7. The van der Waals surface area contributed by atoms with Crippen LogP contribution in [0.15, 0.2) is 12.1 Å². The van der Waals surface area contributed by atoms with Crippen molar-refractivity contribution in [3.8, 4) is 0 Å². The van der Waals surface area contributed by atoms with E-state index in [1.54, 1.807) is 6.07 Å². The van der Waals surface area contributed by atoms with E-state index in [9.17, 15) is 4.39 Å². The summed E-state index contributed by atoms with van der Waals surface area (Å²) in [6.45, 7) is 6.60. The maximum absolute atomic E-state index is 13.6. The fourth-order valence-electron chi connectivity index (χ4n) is 2.68. The number of halogens is 3. The largest absolute Gasteiger partial charge is 0.324 e. The third kappa shape index (κ3) is 3.70. The van der Waals surface area contributed by atoms with Gasteiger partial charge in [0.2, 0.25) is 0 Å². The smallest absolute Gasteiger partial charge is 0.144 e. The second-order valence-electron chi connectivity index (χ2n) is 5.96. The summed E-state index contributed by atoms with van der Waals surface area (Å²) < 4.78 is 15.7. The van der Waals surface area contributed by atoms with Gasteiger partial charge in [-0.1, -0.05) is 38.3 Å². The monoisotopic (exact) mass is 330 g/mol. The summed E-state index contributed by atoms with van der Waals surface area (Å²) in [5.74, 6) is 1.34. The summed E-state index contributed by atoms with van der Waals surface area (Å²) in [5, 5.41) is 0.124. The Hall–Kier alpha value is -0.800. The van der Waals surface area contributed by atoms with Crippen molar-refractivity contribution in [2.75, 3.05) is 0 Å². The molecule has 0 aliphatic heterocycles. The molecule has 1 unspecified atom stereocenters. The van der Waals surface area contributed by atoms with E-state index in [2.05, 4.69) is 30.3 Å². The van der Waals surface area contributed by atoms with Crippen LogP contribution < -0.4 is 0 Å². The molecule has 1 aromatic heterocycles. The van der Waals surface area contributed by atoms with Crippen LogP contribution in [-0.4, -0.2) is 9.55 Å². The molecule has 1 heterocycles. The van der Waals surface area contributed by atoms with E-state index >= 15 is 0 Å². The normalized spacial score (nSPS) is 13.3. The average molecular weight is 331 g/mol. The highest BCUT2D eigenvalue weighted by Crippen LogP contribution is 2.29. The molecule has 0 aliphatic carbocycles. The molecule has 116 valence electrons. The van der Waals surface area contributed by atoms with Gasteiger partial charge in [0.05, 0.1) is 21.9 Å². The van der Waals surface area contributed by atoms with Crippen LogP contribution in [0.2, 0.25) is 5.02 Å². The molecular weight excluding hydrogens is 310 g/mol. The van der Waals surface area contributed by atoms with E-state index in [1.807, 2.05) is 0 Å². The average Bonchev–Trinajstić information content (AvgIpc) is 2.76. The SMILES string of the molecule is CC(C)CCCC(C)n1c(CCl)nc2cc(F)c(Cl)cc21. The summed E-state index contributed by atoms with van der Waals surface area (Å²) >= 11 is 11.9. The molecule has 0 spiro atoms. The first-order valence-electron chi connectivity index (χ1n) is 7.35. The van der Waals surface area contributed by atoms with E-state index in [-0.39, 0.29) is 11.1 Å². The van der Waals surface area contributed by atoms with Gasteiger partial charge in [0.25, 0.3) is 0 Å². The summed E-state index contributed by atoms with van der Waals surface area (Å²) in [4.78, 5) is 4.43. The summed E-state index contributed by atoms with van der Waals surface area (Å²) in [6.07, 6.45) is 3.39. The van der Waals surface area contributed by atoms with Gasteiger partial charge < -0.3 is 4.57 Å². The third-order valence-electron chi connectivity index (χ3n) is 3.77. The molecule has 0 N–H and O–H groups in total. The molecule has 2 aromatic rings. The molecule has 0 aliphatic rings. The molecule has 0 fully saturated rings. The Morgan fingerprint density at radius 2 is 1.95 bits per heavy atom. The zero-order valence-corrected chi connectivity index (χ0v) is 14.2. The number of nitrogens with zero attached hydrogens (tertiary/aromatic N) is 2. The summed E-state index contributed by atoms with van der Waals surface area (Å²) in [7, 11) is 0. The topological polar surface area (TPSA) is 17.8 Å². The summed E-state index contributed by atoms with van der Waals surface area (Å²) in [5.41, 5.74) is 1.47. The first kappa shape index (κ1) is 16.6. The lowest BCUT2D eigenvalue weighted by atomic mass is 10.0. The first-order chi connectivity index (χ1) is 9.93. The molecule has 0 bridgehead atoms. The van der Waals surface area contributed by atoms with Gasteiger partial charge in [-0.15, -0.1) is 11.6 Å². The Morgan fingerprint density at radius 3 is 2.57 bits per heavy atom. The van der Waals surface area contributed by atoms with Crippen LogP contribution in [0.4, 0.5) is 4.39 Å². The van der Waals surface area contributed by atoms with Gasteiger partial charge in [0.15, 0.2) is 0 Å². The highest BCUT2D eigenvalue weighted by molar-refractivity contribution is 6.31. The van der Waals surface area contributed by atoms with E-state index in [1.165, 1.54) is 12.5 Å². The minimum absolute atomic E-state index is 0.124. The van der Waals surface area contributed by atoms with Crippen LogP contribution in [0.5, 0.6) is 0 Å². The minimum atomic E-state index is -0.442. The molecule has 1 aromatic carbocycles. The molecule has 1 atom stereocenters. The minimum Gasteiger partial charge on any atom is -0.324 e. The molecule has 5 heteroatoms. The Kier molecular flexibility index (Phi) is 5.50. The standard InChI is InChI=1S/C16H21Cl2FN2/c1-10(2)5-4-6-11(3)21-15-7-12(18)13(19)8-14(15)20-16(21)9-17/h7-8,10-11H,4-6,9H2,1-3H3. The number of rotatable bonds is 6.